The molecule has 0 aliphatic rings. The number of anilines is 1. The number of aryl methyl sites for hydroxylation is 1. The molecule has 2 N–H and O–H groups in total. The first-order valence-electron chi connectivity index (χ1n) is 5.24. The van der Waals surface area contributed by atoms with Crippen molar-refractivity contribution in [3.63, 3.8) is 0 Å². The Morgan fingerprint density at radius 1 is 1.24 bits per heavy atom. The molecule has 3 aromatic rings. The van der Waals surface area contributed by atoms with Crippen LogP contribution in [0.5, 0.6) is 0 Å². The zero-order chi connectivity index (χ0) is 11.8. The van der Waals surface area contributed by atoms with Gasteiger partial charge in [0.15, 0.2) is 5.82 Å². The summed E-state index contributed by atoms with van der Waals surface area (Å²) >= 11 is 1.54. The van der Waals surface area contributed by atoms with Crippen LogP contribution in [0.4, 0.5) is 5.69 Å². The van der Waals surface area contributed by atoms with E-state index in [0.717, 1.165) is 27.0 Å². The first-order valence-corrected chi connectivity index (χ1v) is 6.06. The highest BCUT2D eigenvalue weighted by molar-refractivity contribution is 7.16. The molecule has 1 aromatic carbocycles. The lowest BCUT2D eigenvalue weighted by Gasteiger charge is -1.99. The fraction of sp³-hybridized carbons (Fsp3) is 0.182. The van der Waals surface area contributed by atoms with E-state index in [0.29, 0.717) is 6.42 Å². The summed E-state index contributed by atoms with van der Waals surface area (Å²) in [6.45, 7) is 1.96. The lowest BCUT2D eigenvalue weighted by atomic mass is 10.1. The minimum atomic E-state index is 0.713. The van der Waals surface area contributed by atoms with Gasteiger partial charge < -0.3 is 5.73 Å². The van der Waals surface area contributed by atoms with E-state index in [1.54, 1.807) is 15.9 Å². The summed E-state index contributed by atoms with van der Waals surface area (Å²) in [4.78, 5) is 0.841. The summed E-state index contributed by atoms with van der Waals surface area (Å²) in [7, 11) is 0. The van der Waals surface area contributed by atoms with Crippen molar-refractivity contribution in [2.75, 3.05) is 5.73 Å². The second-order valence-corrected chi connectivity index (χ2v) is 5.01. The maximum atomic E-state index is 5.65. The van der Waals surface area contributed by atoms with Crippen LogP contribution in [0.1, 0.15) is 16.4 Å². The van der Waals surface area contributed by atoms with Crippen LogP contribution in [0, 0.1) is 6.92 Å². The molecular weight excluding hydrogens is 234 g/mol. The minimum Gasteiger partial charge on any atom is -0.399 e. The highest BCUT2D eigenvalue weighted by Gasteiger charge is 2.09. The Morgan fingerprint density at radius 3 is 2.76 bits per heavy atom. The van der Waals surface area contributed by atoms with Gasteiger partial charge in [-0.2, -0.15) is 9.61 Å². The van der Waals surface area contributed by atoms with Crippen molar-refractivity contribution in [1.82, 2.24) is 19.8 Å². The van der Waals surface area contributed by atoms with Crippen molar-refractivity contribution in [3.8, 4) is 0 Å². The van der Waals surface area contributed by atoms with Gasteiger partial charge in [0.2, 0.25) is 4.96 Å². The summed E-state index contributed by atoms with van der Waals surface area (Å²) in [6, 6.07) is 7.77. The molecule has 2 aromatic heterocycles. The Balaban J connectivity index is 1.96. The third kappa shape index (κ3) is 1.87. The van der Waals surface area contributed by atoms with E-state index in [4.69, 9.17) is 5.73 Å². The summed E-state index contributed by atoms with van der Waals surface area (Å²) in [5.41, 5.74) is 7.57. The van der Waals surface area contributed by atoms with Crippen LogP contribution in [0.2, 0.25) is 0 Å². The summed E-state index contributed by atoms with van der Waals surface area (Å²) in [5, 5.41) is 13.6. The second-order valence-electron chi connectivity index (χ2n) is 3.85. The maximum absolute atomic E-state index is 5.65. The third-order valence-electron chi connectivity index (χ3n) is 2.50. The van der Waals surface area contributed by atoms with Gasteiger partial charge in [-0.25, -0.2) is 0 Å². The van der Waals surface area contributed by atoms with E-state index in [2.05, 4.69) is 15.3 Å². The molecule has 0 radical (unpaired) electrons. The average Bonchev–Trinajstić information content (AvgIpc) is 2.83. The van der Waals surface area contributed by atoms with Crippen LogP contribution in [-0.2, 0) is 6.42 Å². The van der Waals surface area contributed by atoms with Crippen LogP contribution in [0.15, 0.2) is 24.3 Å². The van der Waals surface area contributed by atoms with E-state index in [9.17, 15) is 0 Å². The number of nitrogen functional groups attached to an aromatic ring is 1. The van der Waals surface area contributed by atoms with Crippen LogP contribution in [0.3, 0.4) is 0 Å². The van der Waals surface area contributed by atoms with Crippen LogP contribution < -0.4 is 5.73 Å². The molecule has 5 nitrogen and oxygen atoms in total. The number of nitrogens with two attached hydrogens (primary N) is 1. The van der Waals surface area contributed by atoms with Gasteiger partial charge in [0.25, 0.3) is 0 Å². The van der Waals surface area contributed by atoms with Gasteiger partial charge in [0.05, 0.1) is 0 Å². The topological polar surface area (TPSA) is 69.1 Å². The van der Waals surface area contributed by atoms with Crippen molar-refractivity contribution in [2.24, 2.45) is 0 Å². The lowest BCUT2D eigenvalue weighted by molar-refractivity contribution is 0.840. The number of benzene rings is 1. The van der Waals surface area contributed by atoms with Crippen molar-refractivity contribution < 1.29 is 0 Å². The van der Waals surface area contributed by atoms with Gasteiger partial charge in [-0.05, 0) is 24.6 Å². The molecule has 2 heterocycles. The maximum Gasteiger partial charge on any atom is 0.234 e. The van der Waals surface area contributed by atoms with E-state index >= 15 is 0 Å². The first kappa shape index (κ1) is 10.2. The molecule has 0 aliphatic carbocycles. The Morgan fingerprint density at radius 2 is 2.00 bits per heavy atom. The van der Waals surface area contributed by atoms with E-state index < -0.39 is 0 Å². The SMILES string of the molecule is Cc1nn2c(Cc3ccc(N)cc3)nnc2s1. The van der Waals surface area contributed by atoms with Crippen LogP contribution >= 0.6 is 11.3 Å². The van der Waals surface area contributed by atoms with E-state index in [1.807, 2.05) is 31.2 Å². The fourth-order valence-corrected chi connectivity index (χ4v) is 2.38. The molecule has 0 fully saturated rings. The monoisotopic (exact) mass is 245 g/mol. The molecule has 0 bridgehead atoms. The molecule has 0 aliphatic heterocycles. The molecule has 3 rings (SSSR count). The predicted molar refractivity (Wildman–Crippen MR) is 67.1 cm³/mol. The number of fused-ring (bicyclic) bond motifs is 1. The number of nitrogens with zero attached hydrogens (tertiary/aromatic N) is 4. The third-order valence-corrected chi connectivity index (χ3v) is 3.31. The molecular formula is C11H11N5S. The number of hydrogen-bond donors (Lipinski definition) is 1. The van der Waals surface area contributed by atoms with Crippen molar-refractivity contribution in [3.05, 3.63) is 40.7 Å². The van der Waals surface area contributed by atoms with Crippen molar-refractivity contribution in [1.29, 1.82) is 0 Å². The Kier molecular flexibility index (Phi) is 2.29. The molecule has 86 valence electrons. The highest BCUT2D eigenvalue weighted by Crippen LogP contribution is 2.15. The van der Waals surface area contributed by atoms with Gasteiger partial charge in [0.1, 0.15) is 5.01 Å². The molecule has 0 atom stereocenters. The Hall–Kier alpha value is -1.95. The summed E-state index contributed by atoms with van der Waals surface area (Å²) < 4.78 is 1.80. The van der Waals surface area contributed by atoms with Gasteiger partial charge in [-0.1, -0.05) is 23.5 Å². The quantitative estimate of drug-likeness (QED) is 0.697. The smallest absolute Gasteiger partial charge is 0.234 e. The lowest BCUT2D eigenvalue weighted by Crippen LogP contribution is -1.98. The van der Waals surface area contributed by atoms with Gasteiger partial charge in [-0.3, -0.25) is 0 Å². The molecule has 0 unspecified atom stereocenters. The Bertz CT molecular complexity index is 652. The van der Waals surface area contributed by atoms with Gasteiger partial charge >= 0.3 is 0 Å². The summed E-state index contributed by atoms with van der Waals surface area (Å²) in [5.74, 6) is 0.856. The van der Waals surface area contributed by atoms with Crippen molar-refractivity contribution in [2.45, 2.75) is 13.3 Å². The molecule has 0 spiro atoms. The van der Waals surface area contributed by atoms with E-state index in [-0.39, 0.29) is 0 Å². The molecule has 0 amide bonds. The fourth-order valence-electron chi connectivity index (χ4n) is 1.68. The number of hydrogen-bond acceptors (Lipinski definition) is 5. The van der Waals surface area contributed by atoms with E-state index in [1.165, 1.54) is 0 Å². The zero-order valence-corrected chi connectivity index (χ0v) is 10.1. The number of aromatic nitrogens is 4. The molecule has 6 heteroatoms. The predicted octanol–water partition coefficient (Wildman–Crippen LogP) is 1.67. The van der Waals surface area contributed by atoms with Gasteiger partial charge in [-0.15, -0.1) is 10.2 Å². The molecule has 17 heavy (non-hydrogen) atoms. The minimum absolute atomic E-state index is 0.713. The molecule has 0 saturated heterocycles. The van der Waals surface area contributed by atoms with Crippen LogP contribution in [-0.4, -0.2) is 19.8 Å². The average molecular weight is 245 g/mol. The Labute approximate surface area is 102 Å². The highest BCUT2D eigenvalue weighted by atomic mass is 32.1. The largest absolute Gasteiger partial charge is 0.399 e. The number of rotatable bonds is 2. The normalized spacial score (nSPS) is 11.1. The van der Waals surface area contributed by atoms with Gasteiger partial charge in [0, 0.05) is 12.1 Å². The first-order chi connectivity index (χ1) is 8.22. The second kappa shape index (κ2) is 3.81. The van der Waals surface area contributed by atoms with Crippen molar-refractivity contribution >= 4 is 22.0 Å². The summed E-state index contributed by atoms with van der Waals surface area (Å²) in [6.07, 6.45) is 0.713. The standard InChI is InChI=1S/C11H11N5S/c1-7-15-16-10(13-14-11(16)17-7)6-8-2-4-9(12)5-3-8/h2-5H,6,12H2,1H3. The molecule has 0 saturated carbocycles. The zero-order valence-electron chi connectivity index (χ0n) is 9.29. The van der Waals surface area contributed by atoms with Crippen LogP contribution in [0.25, 0.3) is 4.96 Å².